The van der Waals surface area contributed by atoms with Crippen LogP contribution in [0.4, 0.5) is 0 Å². The molecule has 0 unspecified atom stereocenters. The minimum Gasteiger partial charge on any atom is -0.490 e. The number of carbonyl (C=O) groups is 2. The highest BCUT2D eigenvalue weighted by Gasteiger charge is 2.22. The van der Waals surface area contributed by atoms with Crippen LogP contribution in [0.25, 0.3) is 6.08 Å². The number of carboxylic acid groups (broad SMARTS) is 1. The van der Waals surface area contributed by atoms with Gasteiger partial charge in [0.2, 0.25) is 0 Å². The number of carboxylic acids is 1. The van der Waals surface area contributed by atoms with Gasteiger partial charge in [-0.25, -0.2) is 4.79 Å². The molecule has 1 fully saturated rings. The molecule has 1 aromatic carbocycles. The average molecular weight is 339 g/mol. The summed E-state index contributed by atoms with van der Waals surface area (Å²) >= 11 is 6.11. The molecule has 0 radical (unpaired) electrons. The summed E-state index contributed by atoms with van der Waals surface area (Å²) in [5.41, 5.74) is 0.730. The maximum atomic E-state index is 11.6. The molecule has 1 aliphatic rings. The first-order chi connectivity index (χ1) is 10.5. The van der Waals surface area contributed by atoms with Crippen molar-refractivity contribution >= 4 is 46.3 Å². The van der Waals surface area contributed by atoms with Gasteiger partial charge in [0.15, 0.2) is 18.1 Å². The Hall–Kier alpha value is -2.06. The fourth-order valence-corrected chi connectivity index (χ4v) is 2.76. The highest BCUT2D eigenvalue weighted by atomic mass is 32.2. The molecule has 8 heteroatoms. The molecule has 2 N–H and O–H groups in total. The van der Waals surface area contributed by atoms with Gasteiger partial charge in [-0.3, -0.25) is 4.79 Å². The van der Waals surface area contributed by atoms with Crippen molar-refractivity contribution in [3.63, 3.8) is 0 Å². The largest absolute Gasteiger partial charge is 0.490 e. The molecule has 1 saturated heterocycles. The first kappa shape index (κ1) is 16.3. The van der Waals surface area contributed by atoms with Crippen molar-refractivity contribution in [3.05, 3.63) is 28.7 Å². The second-order valence-electron chi connectivity index (χ2n) is 4.17. The molecule has 0 saturated carbocycles. The molecule has 2 rings (SSSR count). The number of amides is 1. The summed E-state index contributed by atoms with van der Waals surface area (Å²) in [4.78, 5) is 22.7. The Balaban J connectivity index is 2.25. The zero-order valence-corrected chi connectivity index (χ0v) is 13.3. The van der Waals surface area contributed by atoms with Crippen LogP contribution in [0, 0.1) is 0 Å². The van der Waals surface area contributed by atoms with E-state index in [1.807, 2.05) is 6.92 Å². The van der Waals surface area contributed by atoms with E-state index in [-0.39, 0.29) is 5.91 Å². The first-order valence-corrected chi connectivity index (χ1v) is 7.58. The maximum Gasteiger partial charge on any atom is 0.341 e. The minimum absolute atomic E-state index is 0.237. The zero-order chi connectivity index (χ0) is 16.1. The molecule has 0 spiro atoms. The maximum absolute atomic E-state index is 11.6. The standard InChI is InChI=1S/C14H13NO5S2/c1-2-19-10-5-8(3-4-9(10)20-7-12(16)17)6-11-13(18)15-14(21)22-11/h3-6H,2,7H2,1H3,(H,16,17)(H,15,18,21). The van der Waals surface area contributed by atoms with Crippen LogP contribution in [-0.4, -0.2) is 34.5 Å². The van der Waals surface area contributed by atoms with Crippen molar-refractivity contribution in [2.75, 3.05) is 13.2 Å². The zero-order valence-electron chi connectivity index (χ0n) is 11.6. The van der Waals surface area contributed by atoms with E-state index in [1.54, 1.807) is 24.3 Å². The molecule has 0 aromatic heterocycles. The normalized spacial score (nSPS) is 15.8. The Morgan fingerprint density at radius 1 is 1.41 bits per heavy atom. The summed E-state index contributed by atoms with van der Waals surface area (Å²) in [5.74, 6) is -0.546. The van der Waals surface area contributed by atoms with Gasteiger partial charge >= 0.3 is 5.97 Å². The summed E-state index contributed by atoms with van der Waals surface area (Å²) in [6.45, 7) is 1.76. The highest BCUT2D eigenvalue weighted by molar-refractivity contribution is 8.26. The number of thioether (sulfide) groups is 1. The molecule has 1 amide bonds. The van der Waals surface area contributed by atoms with E-state index >= 15 is 0 Å². The third kappa shape index (κ3) is 4.22. The van der Waals surface area contributed by atoms with Crippen molar-refractivity contribution in [3.8, 4) is 11.5 Å². The smallest absolute Gasteiger partial charge is 0.341 e. The number of benzene rings is 1. The van der Waals surface area contributed by atoms with Crippen LogP contribution in [0.3, 0.4) is 0 Å². The Labute approximate surface area is 136 Å². The van der Waals surface area contributed by atoms with Crippen LogP contribution in [0.5, 0.6) is 11.5 Å². The van der Waals surface area contributed by atoms with Gasteiger partial charge in [-0.1, -0.05) is 30.0 Å². The Morgan fingerprint density at radius 3 is 2.77 bits per heavy atom. The average Bonchev–Trinajstić information content (AvgIpc) is 2.76. The van der Waals surface area contributed by atoms with E-state index in [2.05, 4.69) is 5.32 Å². The third-order valence-electron chi connectivity index (χ3n) is 2.56. The fraction of sp³-hybridized carbons (Fsp3) is 0.214. The molecule has 6 nitrogen and oxygen atoms in total. The van der Waals surface area contributed by atoms with Gasteiger partial charge in [0.05, 0.1) is 11.5 Å². The van der Waals surface area contributed by atoms with Gasteiger partial charge in [0, 0.05) is 0 Å². The summed E-state index contributed by atoms with van der Waals surface area (Å²) in [6, 6.07) is 5.00. The van der Waals surface area contributed by atoms with Gasteiger partial charge < -0.3 is 19.9 Å². The lowest BCUT2D eigenvalue weighted by Gasteiger charge is -2.11. The van der Waals surface area contributed by atoms with E-state index < -0.39 is 12.6 Å². The van der Waals surface area contributed by atoms with E-state index in [9.17, 15) is 9.59 Å². The number of rotatable bonds is 6. The molecular weight excluding hydrogens is 326 g/mol. The monoisotopic (exact) mass is 339 g/mol. The van der Waals surface area contributed by atoms with Crippen LogP contribution in [0.1, 0.15) is 12.5 Å². The van der Waals surface area contributed by atoms with Gasteiger partial charge in [0.25, 0.3) is 5.91 Å². The van der Waals surface area contributed by atoms with Crippen LogP contribution in [0.2, 0.25) is 0 Å². The lowest BCUT2D eigenvalue weighted by molar-refractivity contribution is -0.139. The highest BCUT2D eigenvalue weighted by Crippen LogP contribution is 2.31. The fourth-order valence-electron chi connectivity index (χ4n) is 1.71. The second-order valence-corrected chi connectivity index (χ2v) is 5.89. The Bertz CT molecular complexity index is 657. The summed E-state index contributed by atoms with van der Waals surface area (Å²) in [6.07, 6.45) is 1.68. The predicted octanol–water partition coefficient (Wildman–Crippen LogP) is 2.04. The first-order valence-electron chi connectivity index (χ1n) is 6.36. The molecule has 1 heterocycles. The minimum atomic E-state index is -1.07. The third-order valence-corrected chi connectivity index (χ3v) is 3.72. The number of nitrogens with one attached hydrogen (secondary N) is 1. The van der Waals surface area contributed by atoms with E-state index in [4.69, 9.17) is 26.8 Å². The summed E-state index contributed by atoms with van der Waals surface area (Å²) in [5, 5.41) is 11.2. The van der Waals surface area contributed by atoms with Crippen molar-refractivity contribution in [2.45, 2.75) is 6.92 Å². The van der Waals surface area contributed by atoms with Crippen LogP contribution in [0.15, 0.2) is 23.1 Å². The van der Waals surface area contributed by atoms with Gasteiger partial charge in [-0.15, -0.1) is 0 Å². The van der Waals surface area contributed by atoms with E-state index in [0.29, 0.717) is 27.3 Å². The lowest BCUT2D eigenvalue weighted by Crippen LogP contribution is -2.17. The van der Waals surface area contributed by atoms with Crippen LogP contribution >= 0.6 is 24.0 Å². The molecular formula is C14H13NO5S2. The molecule has 1 aliphatic heterocycles. The number of ether oxygens (including phenoxy) is 2. The van der Waals surface area contributed by atoms with Gasteiger partial charge in [-0.2, -0.15) is 0 Å². The molecule has 0 aliphatic carbocycles. The summed E-state index contributed by atoms with van der Waals surface area (Å²) in [7, 11) is 0. The van der Waals surface area contributed by atoms with E-state index in [0.717, 1.165) is 5.56 Å². The molecule has 0 atom stereocenters. The van der Waals surface area contributed by atoms with Crippen molar-refractivity contribution in [1.29, 1.82) is 0 Å². The number of aliphatic carboxylic acids is 1. The molecule has 1 aromatic rings. The van der Waals surface area contributed by atoms with Crippen molar-refractivity contribution < 1.29 is 24.2 Å². The SMILES string of the molecule is CCOc1cc(C=C2SC(=S)NC2=O)ccc1OCC(=O)O. The topological polar surface area (TPSA) is 84.9 Å². The number of thiocarbonyl (C=S) groups is 1. The molecule has 22 heavy (non-hydrogen) atoms. The quantitative estimate of drug-likeness (QED) is 0.606. The summed E-state index contributed by atoms with van der Waals surface area (Å²) < 4.78 is 11.0. The van der Waals surface area contributed by atoms with Crippen LogP contribution in [-0.2, 0) is 9.59 Å². The van der Waals surface area contributed by atoms with Crippen molar-refractivity contribution in [1.82, 2.24) is 5.32 Å². The number of hydrogen-bond acceptors (Lipinski definition) is 6. The number of hydrogen-bond donors (Lipinski definition) is 2. The predicted molar refractivity (Wildman–Crippen MR) is 87.1 cm³/mol. The van der Waals surface area contributed by atoms with Crippen molar-refractivity contribution in [2.24, 2.45) is 0 Å². The Kier molecular flexibility index (Phi) is 5.40. The number of carbonyl (C=O) groups excluding carboxylic acids is 1. The van der Waals surface area contributed by atoms with E-state index in [1.165, 1.54) is 11.8 Å². The molecule has 116 valence electrons. The van der Waals surface area contributed by atoms with Gasteiger partial charge in [-0.05, 0) is 30.7 Å². The van der Waals surface area contributed by atoms with Gasteiger partial charge in [0.1, 0.15) is 4.32 Å². The van der Waals surface area contributed by atoms with Crippen LogP contribution < -0.4 is 14.8 Å². The Morgan fingerprint density at radius 2 is 2.18 bits per heavy atom. The molecule has 0 bridgehead atoms. The second kappa shape index (κ2) is 7.28. The lowest BCUT2D eigenvalue weighted by atomic mass is 10.2.